The van der Waals surface area contributed by atoms with Crippen LogP contribution in [0.3, 0.4) is 0 Å². The van der Waals surface area contributed by atoms with Gasteiger partial charge in [0.1, 0.15) is 5.82 Å². The molecule has 1 unspecified atom stereocenters. The highest BCUT2D eigenvalue weighted by Gasteiger charge is 2.18. The Morgan fingerprint density at radius 1 is 1.43 bits per heavy atom. The van der Waals surface area contributed by atoms with E-state index in [1.807, 2.05) is 5.48 Å². The third-order valence-electron chi connectivity index (χ3n) is 3.19. The van der Waals surface area contributed by atoms with Crippen molar-refractivity contribution in [2.45, 2.75) is 20.0 Å². The zero-order valence-electron chi connectivity index (χ0n) is 15.4. The minimum absolute atomic E-state index is 0.0560. The molecule has 0 radical (unpaired) electrons. The van der Waals surface area contributed by atoms with E-state index in [2.05, 4.69) is 41.6 Å². The molecular weight excluding hydrogens is 458 g/mol. The molecule has 0 amide bonds. The van der Waals surface area contributed by atoms with E-state index in [0.29, 0.717) is 18.8 Å². The van der Waals surface area contributed by atoms with E-state index in [-0.39, 0.29) is 27.9 Å². The van der Waals surface area contributed by atoms with Crippen LogP contribution in [0.25, 0.3) is 0 Å². The smallest absolute Gasteiger partial charge is 0.267 e. The van der Waals surface area contributed by atoms with Gasteiger partial charge in [-0.2, -0.15) is 0 Å². The average molecular weight is 479 g/mol. The van der Waals surface area contributed by atoms with Crippen LogP contribution in [0.1, 0.15) is 19.5 Å². The Morgan fingerprint density at radius 2 is 2.18 bits per heavy atom. The average Bonchev–Trinajstić information content (AvgIpc) is 3.07. The highest BCUT2D eigenvalue weighted by molar-refractivity contribution is 9.10. The third kappa shape index (κ3) is 6.64. The number of benzene rings is 1. The Balaban J connectivity index is 2.04. The minimum Gasteiger partial charge on any atom is -0.364 e. The van der Waals surface area contributed by atoms with Crippen molar-refractivity contribution in [3.05, 3.63) is 34.2 Å². The van der Waals surface area contributed by atoms with Gasteiger partial charge in [0.2, 0.25) is 5.82 Å². The first kappa shape index (κ1) is 22.4. The van der Waals surface area contributed by atoms with Gasteiger partial charge in [0, 0.05) is 19.8 Å². The summed E-state index contributed by atoms with van der Waals surface area (Å²) in [6.45, 7) is 5.73. The number of rotatable bonds is 9. The van der Waals surface area contributed by atoms with Crippen molar-refractivity contribution in [1.82, 2.24) is 20.9 Å². The molecule has 10 nitrogen and oxygen atoms in total. The van der Waals surface area contributed by atoms with E-state index < -0.39 is 13.3 Å². The molecule has 1 atom stereocenters. The summed E-state index contributed by atoms with van der Waals surface area (Å²) in [6.07, 6.45) is -0.163. The molecule has 1 aromatic heterocycles. The molecule has 2 aromatic rings. The zero-order valence-corrected chi connectivity index (χ0v) is 17.9. The molecule has 2 rings (SSSR count). The van der Waals surface area contributed by atoms with E-state index in [1.165, 1.54) is 24.9 Å². The van der Waals surface area contributed by atoms with Crippen LogP contribution in [0.5, 0.6) is 0 Å². The van der Waals surface area contributed by atoms with Crippen molar-refractivity contribution in [2.75, 3.05) is 25.1 Å². The number of nitrogens with zero attached hydrogens (tertiary/aromatic N) is 3. The first-order valence-corrected chi connectivity index (χ1v) is 11.1. The highest BCUT2D eigenvalue weighted by atomic mass is 79.9. The van der Waals surface area contributed by atoms with Crippen LogP contribution in [-0.2, 0) is 9.09 Å². The van der Waals surface area contributed by atoms with Crippen molar-refractivity contribution in [1.29, 1.82) is 0 Å². The second-order valence-corrected chi connectivity index (χ2v) is 9.04. The number of halogens is 2. The predicted molar refractivity (Wildman–Crippen MR) is 106 cm³/mol. The van der Waals surface area contributed by atoms with E-state index in [1.54, 1.807) is 13.8 Å². The number of hydrogen-bond donors (Lipinski definition) is 4. The normalized spacial score (nSPS) is 14.2. The predicted octanol–water partition coefficient (Wildman–Crippen LogP) is 3.28. The maximum atomic E-state index is 13.3. The van der Waals surface area contributed by atoms with Crippen molar-refractivity contribution in [2.24, 2.45) is 4.99 Å². The van der Waals surface area contributed by atoms with E-state index in [0.717, 1.165) is 0 Å². The topological polar surface area (TPSA) is 134 Å². The van der Waals surface area contributed by atoms with Crippen LogP contribution >= 0.6 is 23.4 Å². The molecule has 0 aliphatic rings. The van der Waals surface area contributed by atoms with Crippen LogP contribution in [-0.4, -0.2) is 47.2 Å². The van der Waals surface area contributed by atoms with Crippen LogP contribution in [0.2, 0.25) is 0 Å². The molecule has 1 heterocycles. The molecule has 0 aliphatic heterocycles. The summed E-state index contributed by atoms with van der Waals surface area (Å²) in [5.41, 5.74) is 2.39. The first-order chi connectivity index (χ1) is 13.2. The molecule has 0 bridgehead atoms. The van der Waals surface area contributed by atoms with Crippen LogP contribution in [0.15, 0.2) is 32.3 Å². The minimum atomic E-state index is -2.91. The maximum Gasteiger partial charge on any atom is 0.267 e. The molecule has 0 saturated heterocycles. The molecular formula is C15H21BrFN6O4P. The Hall–Kier alpha value is -1.85. The molecule has 0 spiro atoms. The Kier molecular flexibility index (Phi) is 8.08. The zero-order chi connectivity index (χ0) is 20.7. The number of aromatic nitrogens is 2. The van der Waals surface area contributed by atoms with E-state index in [4.69, 9.17) is 9.15 Å². The molecule has 0 fully saturated rings. The SMILES string of the molecule is CC(C)OP(C)(=O)NCCNc1nonc1C(=Nc1ccc(F)c(Br)c1)NO. The van der Waals surface area contributed by atoms with Crippen LogP contribution in [0.4, 0.5) is 15.9 Å². The van der Waals surface area contributed by atoms with Gasteiger partial charge in [0.05, 0.1) is 16.3 Å². The number of anilines is 1. The molecule has 28 heavy (non-hydrogen) atoms. The lowest BCUT2D eigenvalue weighted by atomic mass is 10.3. The molecule has 0 aliphatic carbocycles. The van der Waals surface area contributed by atoms with Gasteiger partial charge < -0.3 is 9.84 Å². The van der Waals surface area contributed by atoms with Gasteiger partial charge in [-0.3, -0.25) is 15.3 Å². The fraction of sp³-hybridized carbons (Fsp3) is 0.400. The standard InChI is InChI=1S/C15H21BrFN6O4P/c1-9(2)26-28(3,25)19-7-6-18-14-13(22-27-23-14)15(21-24)20-10-4-5-12(17)11(16)8-10/h4-5,8-9,24H,6-7H2,1-3H3,(H,18,23)(H,19,25)(H,20,21). The second kappa shape index (κ2) is 10.1. The van der Waals surface area contributed by atoms with Crippen molar-refractivity contribution in [3.8, 4) is 0 Å². The summed E-state index contributed by atoms with van der Waals surface area (Å²) >= 11 is 3.07. The van der Waals surface area contributed by atoms with Gasteiger partial charge >= 0.3 is 0 Å². The fourth-order valence-corrected chi connectivity index (χ4v) is 3.92. The van der Waals surface area contributed by atoms with Crippen molar-refractivity contribution in [3.63, 3.8) is 0 Å². The van der Waals surface area contributed by atoms with Gasteiger partial charge in [0.15, 0.2) is 11.5 Å². The Bertz CT molecular complexity index is 878. The van der Waals surface area contributed by atoms with E-state index in [9.17, 15) is 14.2 Å². The summed E-state index contributed by atoms with van der Waals surface area (Å²) in [7, 11) is -2.91. The van der Waals surface area contributed by atoms with Gasteiger partial charge in [-0.25, -0.2) is 19.1 Å². The van der Waals surface area contributed by atoms with Crippen LogP contribution in [0, 0.1) is 5.82 Å². The number of aliphatic imine (C=N–C) groups is 1. The van der Waals surface area contributed by atoms with Crippen molar-refractivity contribution >= 4 is 40.8 Å². The summed E-state index contributed by atoms with van der Waals surface area (Å²) in [5, 5.41) is 22.6. The molecule has 4 N–H and O–H groups in total. The van der Waals surface area contributed by atoms with Gasteiger partial charge in [-0.1, -0.05) is 0 Å². The second-order valence-electron chi connectivity index (χ2n) is 5.97. The van der Waals surface area contributed by atoms with Gasteiger partial charge in [-0.05, 0) is 58.3 Å². The molecule has 154 valence electrons. The summed E-state index contributed by atoms with van der Waals surface area (Å²) in [6, 6.07) is 4.09. The quantitative estimate of drug-likeness (QED) is 0.141. The molecule has 1 aromatic carbocycles. The lowest BCUT2D eigenvalue weighted by molar-refractivity contribution is 0.234. The Morgan fingerprint density at radius 3 is 2.82 bits per heavy atom. The number of nitrogens with one attached hydrogen (secondary N) is 3. The number of amidine groups is 1. The summed E-state index contributed by atoms with van der Waals surface area (Å²) in [5.74, 6) is -0.288. The summed E-state index contributed by atoms with van der Waals surface area (Å²) in [4.78, 5) is 4.16. The monoisotopic (exact) mass is 478 g/mol. The lowest BCUT2D eigenvalue weighted by Gasteiger charge is -2.17. The fourth-order valence-electron chi connectivity index (χ4n) is 2.15. The summed E-state index contributed by atoms with van der Waals surface area (Å²) < 4.78 is 35.7. The third-order valence-corrected chi connectivity index (χ3v) is 5.42. The van der Waals surface area contributed by atoms with Gasteiger partial charge in [-0.15, -0.1) is 0 Å². The first-order valence-electron chi connectivity index (χ1n) is 8.23. The van der Waals surface area contributed by atoms with Crippen LogP contribution < -0.4 is 15.9 Å². The maximum absolute atomic E-state index is 13.3. The Labute approximate surface area is 169 Å². The molecule has 13 heteroatoms. The highest BCUT2D eigenvalue weighted by Crippen LogP contribution is 2.38. The lowest BCUT2D eigenvalue weighted by Crippen LogP contribution is -2.24. The van der Waals surface area contributed by atoms with Crippen molar-refractivity contribution < 1.29 is 23.3 Å². The molecule has 0 saturated carbocycles. The largest absolute Gasteiger partial charge is 0.364 e. The number of hydrogen-bond acceptors (Lipinski definition) is 8. The van der Waals surface area contributed by atoms with E-state index >= 15 is 0 Å². The van der Waals surface area contributed by atoms with Gasteiger partial charge in [0.25, 0.3) is 7.52 Å². The number of hydroxylamine groups is 1.